The molecule has 0 spiro atoms. The second-order valence-corrected chi connectivity index (χ2v) is 6.28. The lowest BCUT2D eigenvalue weighted by atomic mass is 9.82. The number of halogens is 2. The van der Waals surface area contributed by atoms with Gasteiger partial charge in [0.05, 0.1) is 10.6 Å². The van der Waals surface area contributed by atoms with E-state index in [2.05, 4.69) is 4.90 Å². The molecule has 0 aromatic heterocycles. The van der Waals surface area contributed by atoms with Crippen molar-refractivity contribution in [2.24, 2.45) is 0 Å². The largest absolute Gasteiger partial charge is 0.389 e. The van der Waals surface area contributed by atoms with Crippen LogP contribution in [-0.2, 0) is 6.42 Å². The SMILES string of the molecule is OC1(Cc2cccc(F)c2Cl)CCN2CCCC2C1. The minimum atomic E-state index is -0.733. The average Bonchev–Trinajstić information content (AvgIpc) is 2.82. The highest BCUT2D eigenvalue weighted by Gasteiger charge is 2.40. The molecule has 2 heterocycles. The zero-order valence-corrected chi connectivity index (χ0v) is 11.7. The maximum Gasteiger partial charge on any atom is 0.142 e. The first-order chi connectivity index (χ1) is 9.07. The number of aliphatic hydroxyl groups is 1. The molecule has 0 radical (unpaired) electrons. The van der Waals surface area contributed by atoms with Gasteiger partial charge in [-0.3, -0.25) is 0 Å². The Labute approximate surface area is 118 Å². The third-order valence-corrected chi connectivity index (χ3v) is 4.95. The van der Waals surface area contributed by atoms with Crippen molar-refractivity contribution in [2.45, 2.75) is 43.7 Å². The number of piperidine rings is 1. The highest BCUT2D eigenvalue weighted by Crippen LogP contribution is 2.36. The Balaban J connectivity index is 1.76. The summed E-state index contributed by atoms with van der Waals surface area (Å²) in [5.74, 6) is -0.402. The lowest BCUT2D eigenvalue weighted by molar-refractivity contribution is -0.0354. The second-order valence-electron chi connectivity index (χ2n) is 5.90. The lowest BCUT2D eigenvalue weighted by Crippen LogP contribution is -2.48. The molecule has 1 aromatic carbocycles. The van der Waals surface area contributed by atoms with E-state index in [4.69, 9.17) is 11.6 Å². The summed E-state index contributed by atoms with van der Waals surface area (Å²) in [6, 6.07) is 5.32. The Morgan fingerprint density at radius 1 is 1.42 bits per heavy atom. The Kier molecular flexibility index (Phi) is 3.54. The molecule has 0 aliphatic carbocycles. The summed E-state index contributed by atoms with van der Waals surface area (Å²) in [4.78, 5) is 2.46. The van der Waals surface area contributed by atoms with Gasteiger partial charge >= 0.3 is 0 Å². The van der Waals surface area contributed by atoms with E-state index in [1.807, 2.05) is 6.07 Å². The Morgan fingerprint density at radius 3 is 3.11 bits per heavy atom. The summed E-state index contributed by atoms with van der Waals surface area (Å²) in [6.45, 7) is 2.09. The summed E-state index contributed by atoms with van der Waals surface area (Å²) in [6.07, 6.45) is 4.37. The molecular weight excluding hydrogens is 265 g/mol. The Morgan fingerprint density at radius 2 is 2.26 bits per heavy atom. The Bertz CT molecular complexity index is 481. The molecule has 1 N–H and O–H groups in total. The summed E-state index contributed by atoms with van der Waals surface area (Å²) in [5.41, 5.74) is -0.0150. The van der Waals surface area contributed by atoms with Crippen molar-refractivity contribution in [2.75, 3.05) is 13.1 Å². The number of rotatable bonds is 2. The van der Waals surface area contributed by atoms with E-state index in [1.54, 1.807) is 6.07 Å². The first kappa shape index (κ1) is 13.3. The van der Waals surface area contributed by atoms with Crippen molar-refractivity contribution in [3.63, 3.8) is 0 Å². The van der Waals surface area contributed by atoms with Crippen LogP contribution in [0.15, 0.2) is 18.2 Å². The molecule has 0 bridgehead atoms. The van der Waals surface area contributed by atoms with Gasteiger partial charge in [0.1, 0.15) is 5.82 Å². The van der Waals surface area contributed by atoms with Gasteiger partial charge in [0.15, 0.2) is 0 Å². The maximum absolute atomic E-state index is 13.5. The van der Waals surface area contributed by atoms with Crippen LogP contribution in [0.5, 0.6) is 0 Å². The molecule has 2 nitrogen and oxygen atoms in total. The first-order valence-corrected chi connectivity index (χ1v) is 7.34. The highest BCUT2D eigenvalue weighted by molar-refractivity contribution is 6.31. The number of hydrogen-bond acceptors (Lipinski definition) is 2. The number of hydrogen-bond donors (Lipinski definition) is 1. The van der Waals surface area contributed by atoms with Crippen LogP contribution in [0.25, 0.3) is 0 Å². The fourth-order valence-corrected chi connectivity index (χ4v) is 3.71. The van der Waals surface area contributed by atoms with Crippen LogP contribution in [0.2, 0.25) is 5.02 Å². The normalized spacial score (nSPS) is 31.4. The molecule has 19 heavy (non-hydrogen) atoms. The van der Waals surface area contributed by atoms with Crippen LogP contribution < -0.4 is 0 Å². The van der Waals surface area contributed by atoms with Gasteiger partial charge in [-0.15, -0.1) is 0 Å². The van der Waals surface area contributed by atoms with E-state index in [1.165, 1.54) is 18.9 Å². The van der Waals surface area contributed by atoms with Gasteiger partial charge in [-0.1, -0.05) is 23.7 Å². The minimum absolute atomic E-state index is 0.157. The minimum Gasteiger partial charge on any atom is -0.389 e. The van der Waals surface area contributed by atoms with Crippen LogP contribution in [0.3, 0.4) is 0 Å². The molecule has 2 atom stereocenters. The van der Waals surface area contributed by atoms with Crippen molar-refractivity contribution in [1.82, 2.24) is 4.90 Å². The monoisotopic (exact) mass is 283 g/mol. The maximum atomic E-state index is 13.5. The van der Waals surface area contributed by atoms with Crippen LogP contribution >= 0.6 is 11.6 Å². The molecular formula is C15H19ClFNO. The third-order valence-electron chi connectivity index (χ3n) is 4.53. The highest BCUT2D eigenvalue weighted by atomic mass is 35.5. The fourth-order valence-electron chi connectivity index (χ4n) is 3.51. The lowest BCUT2D eigenvalue weighted by Gasteiger charge is -2.41. The number of fused-ring (bicyclic) bond motifs is 1. The fraction of sp³-hybridized carbons (Fsp3) is 0.600. The van der Waals surface area contributed by atoms with Crippen molar-refractivity contribution in [3.8, 4) is 0 Å². The zero-order valence-electron chi connectivity index (χ0n) is 10.9. The summed E-state index contributed by atoms with van der Waals surface area (Å²) >= 11 is 5.99. The molecule has 2 aliphatic rings. The first-order valence-electron chi connectivity index (χ1n) is 6.97. The van der Waals surface area contributed by atoms with Crippen molar-refractivity contribution in [3.05, 3.63) is 34.6 Å². The van der Waals surface area contributed by atoms with Crippen LogP contribution in [-0.4, -0.2) is 34.7 Å². The molecule has 3 rings (SSSR count). The molecule has 4 heteroatoms. The van der Waals surface area contributed by atoms with Gasteiger partial charge in [0.25, 0.3) is 0 Å². The zero-order chi connectivity index (χ0) is 13.5. The van der Waals surface area contributed by atoms with Crippen molar-refractivity contribution < 1.29 is 9.50 Å². The second kappa shape index (κ2) is 5.04. The molecule has 2 unspecified atom stereocenters. The predicted octanol–water partition coefficient (Wildman–Crippen LogP) is 3.01. The Hall–Kier alpha value is -0.640. The van der Waals surface area contributed by atoms with Crippen molar-refractivity contribution >= 4 is 11.6 Å². The number of benzene rings is 1. The summed E-state index contributed by atoms with van der Waals surface area (Å²) < 4.78 is 13.5. The van der Waals surface area contributed by atoms with Crippen LogP contribution in [0, 0.1) is 5.82 Å². The quantitative estimate of drug-likeness (QED) is 0.902. The molecule has 1 aromatic rings. The van der Waals surface area contributed by atoms with E-state index in [-0.39, 0.29) is 5.02 Å². The van der Waals surface area contributed by atoms with E-state index in [9.17, 15) is 9.50 Å². The van der Waals surface area contributed by atoms with Crippen LogP contribution in [0.1, 0.15) is 31.2 Å². The molecule has 0 saturated carbocycles. The van der Waals surface area contributed by atoms with Gasteiger partial charge in [0, 0.05) is 19.0 Å². The smallest absolute Gasteiger partial charge is 0.142 e. The summed E-state index contributed by atoms with van der Waals surface area (Å²) in [7, 11) is 0. The summed E-state index contributed by atoms with van der Waals surface area (Å²) in [5, 5.41) is 10.9. The molecule has 2 aliphatic heterocycles. The third kappa shape index (κ3) is 2.64. The van der Waals surface area contributed by atoms with Crippen LogP contribution in [0.4, 0.5) is 4.39 Å². The predicted molar refractivity (Wildman–Crippen MR) is 73.9 cm³/mol. The van der Waals surface area contributed by atoms with Gasteiger partial charge < -0.3 is 10.0 Å². The van der Waals surface area contributed by atoms with Gasteiger partial charge in [-0.2, -0.15) is 0 Å². The van der Waals surface area contributed by atoms with E-state index >= 15 is 0 Å². The van der Waals surface area contributed by atoms with Gasteiger partial charge in [-0.25, -0.2) is 4.39 Å². The van der Waals surface area contributed by atoms with Crippen molar-refractivity contribution in [1.29, 1.82) is 0 Å². The van der Waals surface area contributed by atoms with Gasteiger partial charge in [-0.05, 0) is 43.9 Å². The van der Waals surface area contributed by atoms with Gasteiger partial charge in [0.2, 0.25) is 0 Å². The standard InChI is InChI=1S/C15H19ClFNO/c16-14-11(3-1-5-13(14)17)9-15(19)6-8-18-7-2-4-12(18)10-15/h1,3,5,12,19H,2,4,6-10H2. The molecule has 104 valence electrons. The molecule has 2 saturated heterocycles. The topological polar surface area (TPSA) is 23.5 Å². The number of nitrogens with zero attached hydrogens (tertiary/aromatic N) is 1. The van der Waals surface area contributed by atoms with E-state index in [0.717, 1.165) is 31.5 Å². The average molecular weight is 284 g/mol. The molecule has 2 fully saturated rings. The van der Waals surface area contributed by atoms with E-state index in [0.29, 0.717) is 12.5 Å². The molecule has 0 amide bonds. The van der Waals surface area contributed by atoms with E-state index < -0.39 is 11.4 Å².